The molecule has 1 N–H and O–H groups in total. The van der Waals surface area contributed by atoms with Crippen molar-refractivity contribution in [1.82, 2.24) is 5.32 Å². The van der Waals surface area contributed by atoms with Gasteiger partial charge in [0.2, 0.25) is 0 Å². The fourth-order valence-corrected chi connectivity index (χ4v) is 2.78. The largest absolute Gasteiger partial charge is 0.319 e. The van der Waals surface area contributed by atoms with Crippen molar-refractivity contribution in [2.24, 2.45) is 0 Å². The second-order valence-electron chi connectivity index (χ2n) is 4.68. The van der Waals surface area contributed by atoms with Gasteiger partial charge in [0.05, 0.1) is 0 Å². The highest BCUT2D eigenvalue weighted by Gasteiger charge is 2.29. The predicted octanol–water partition coefficient (Wildman–Crippen LogP) is 3.74. The lowest BCUT2D eigenvalue weighted by Crippen LogP contribution is -2.36. The molecule has 16 heavy (non-hydrogen) atoms. The van der Waals surface area contributed by atoms with Crippen LogP contribution in [0.15, 0.2) is 30.3 Å². The number of benzene rings is 1. The van der Waals surface area contributed by atoms with E-state index in [1.54, 1.807) is 0 Å². The lowest BCUT2D eigenvalue weighted by atomic mass is 9.73. The number of rotatable bonds is 7. The molecule has 0 saturated heterocycles. The lowest BCUT2D eigenvalue weighted by Gasteiger charge is -2.34. The highest BCUT2D eigenvalue weighted by atomic mass is 14.8. The summed E-state index contributed by atoms with van der Waals surface area (Å²) < 4.78 is 0. The number of hydrogen-bond acceptors (Lipinski definition) is 1. The zero-order chi connectivity index (χ0) is 11.9. The summed E-state index contributed by atoms with van der Waals surface area (Å²) in [6.45, 7) is 5.64. The fraction of sp³-hybridized carbons (Fsp3) is 0.600. The number of nitrogens with one attached hydrogen (secondary N) is 1. The Balaban J connectivity index is 2.99. The minimum atomic E-state index is 0.333. The second-order valence-corrected chi connectivity index (χ2v) is 4.68. The van der Waals surface area contributed by atoms with Crippen molar-refractivity contribution >= 4 is 0 Å². The van der Waals surface area contributed by atoms with E-state index in [9.17, 15) is 0 Å². The van der Waals surface area contributed by atoms with E-state index in [2.05, 4.69) is 56.5 Å². The van der Waals surface area contributed by atoms with E-state index in [0.29, 0.717) is 5.41 Å². The van der Waals surface area contributed by atoms with Gasteiger partial charge in [-0.2, -0.15) is 0 Å². The van der Waals surface area contributed by atoms with Gasteiger partial charge in [0, 0.05) is 12.0 Å². The third-order valence-electron chi connectivity index (χ3n) is 3.36. The first-order valence-electron chi connectivity index (χ1n) is 6.49. The minimum absolute atomic E-state index is 0.333. The fourth-order valence-electron chi connectivity index (χ4n) is 2.78. The van der Waals surface area contributed by atoms with Gasteiger partial charge in [0.25, 0.3) is 0 Å². The summed E-state index contributed by atoms with van der Waals surface area (Å²) >= 11 is 0. The predicted molar refractivity (Wildman–Crippen MR) is 71.9 cm³/mol. The highest BCUT2D eigenvalue weighted by molar-refractivity contribution is 5.26. The number of likely N-dealkylation sites (N-methyl/N-ethyl adjacent to an activating group) is 1. The summed E-state index contributed by atoms with van der Waals surface area (Å²) in [7, 11) is 2.06. The monoisotopic (exact) mass is 219 g/mol. The minimum Gasteiger partial charge on any atom is -0.319 e. The maximum atomic E-state index is 3.38. The molecule has 0 bridgehead atoms. The van der Waals surface area contributed by atoms with E-state index in [0.717, 1.165) is 6.54 Å². The Kier molecular flexibility index (Phi) is 5.54. The van der Waals surface area contributed by atoms with Gasteiger partial charge in [-0.15, -0.1) is 0 Å². The van der Waals surface area contributed by atoms with Crippen molar-refractivity contribution in [3.8, 4) is 0 Å². The molecule has 0 atom stereocenters. The van der Waals surface area contributed by atoms with E-state index in [4.69, 9.17) is 0 Å². The van der Waals surface area contributed by atoms with Crippen LogP contribution in [0.3, 0.4) is 0 Å². The van der Waals surface area contributed by atoms with Crippen LogP contribution in [0.5, 0.6) is 0 Å². The molecule has 1 aromatic rings. The van der Waals surface area contributed by atoms with Crippen molar-refractivity contribution in [3.63, 3.8) is 0 Å². The van der Waals surface area contributed by atoms with Crippen LogP contribution in [-0.2, 0) is 5.41 Å². The van der Waals surface area contributed by atoms with Crippen molar-refractivity contribution in [2.45, 2.75) is 44.9 Å². The van der Waals surface area contributed by atoms with E-state index in [-0.39, 0.29) is 0 Å². The summed E-state index contributed by atoms with van der Waals surface area (Å²) in [5.74, 6) is 0. The topological polar surface area (TPSA) is 12.0 Å². The molecule has 1 rings (SSSR count). The van der Waals surface area contributed by atoms with Gasteiger partial charge < -0.3 is 5.32 Å². The zero-order valence-electron chi connectivity index (χ0n) is 10.9. The third kappa shape index (κ3) is 3.08. The van der Waals surface area contributed by atoms with Gasteiger partial charge in [0.1, 0.15) is 0 Å². The zero-order valence-corrected chi connectivity index (χ0v) is 10.9. The normalized spacial score (nSPS) is 11.7. The molecule has 0 radical (unpaired) electrons. The Morgan fingerprint density at radius 2 is 1.56 bits per heavy atom. The van der Waals surface area contributed by atoms with Crippen LogP contribution in [-0.4, -0.2) is 13.6 Å². The molecule has 0 aliphatic carbocycles. The Labute approximate surface area is 100 Å². The Hall–Kier alpha value is -0.820. The number of hydrogen-bond donors (Lipinski definition) is 1. The average molecular weight is 219 g/mol. The molecule has 0 amide bonds. The van der Waals surface area contributed by atoms with Crippen molar-refractivity contribution in [1.29, 1.82) is 0 Å². The van der Waals surface area contributed by atoms with Crippen molar-refractivity contribution in [2.75, 3.05) is 13.6 Å². The molecule has 90 valence electrons. The molecular weight excluding hydrogens is 194 g/mol. The standard InChI is InChI=1S/C15H25N/c1-4-11-15(12-5-2,13-16-3)14-9-7-6-8-10-14/h6-10,16H,4-5,11-13H2,1-3H3. The van der Waals surface area contributed by atoms with Crippen molar-refractivity contribution < 1.29 is 0 Å². The molecule has 1 nitrogen and oxygen atoms in total. The van der Waals surface area contributed by atoms with E-state index in [1.807, 2.05) is 0 Å². The van der Waals surface area contributed by atoms with Crippen LogP contribution in [0.4, 0.5) is 0 Å². The van der Waals surface area contributed by atoms with Crippen LogP contribution >= 0.6 is 0 Å². The van der Waals surface area contributed by atoms with E-state index in [1.165, 1.54) is 31.2 Å². The Morgan fingerprint density at radius 1 is 1.00 bits per heavy atom. The lowest BCUT2D eigenvalue weighted by molar-refractivity contribution is 0.344. The van der Waals surface area contributed by atoms with Gasteiger partial charge in [-0.05, 0) is 25.5 Å². The molecule has 0 heterocycles. The second kappa shape index (κ2) is 6.70. The smallest absolute Gasteiger partial charge is 0.00774 e. The summed E-state index contributed by atoms with van der Waals surface area (Å²) in [6.07, 6.45) is 5.03. The highest BCUT2D eigenvalue weighted by Crippen LogP contribution is 2.33. The average Bonchev–Trinajstić information content (AvgIpc) is 2.31. The Morgan fingerprint density at radius 3 is 2.00 bits per heavy atom. The first kappa shape index (κ1) is 13.2. The molecular formula is C15H25N. The molecule has 0 unspecified atom stereocenters. The van der Waals surface area contributed by atoms with Crippen LogP contribution in [0.25, 0.3) is 0 Å². The van der Waals surface area contributed by atoms with Gasteiger partial charge in [-0.25, -0.2) is 0 Å². The molecule has 0 aliphatic heterocycles. The quantitative estimate of drug-likeness (QED) is 0.736. The molecule has 0 saturated carbocycles. The van der Waals surface area contributed by atoms with Crippen LogP contribution in [0.1, 0.15) is 45.1 Å². The van der Waals surface area contributed by atoms with Gasteiger partial charge in [-0.3, -0.25) is 0 Å². The van der Waals surface area contributed by atoms with Crippen LogP contribution in [0.2, 0.25) is 0 Å². The molecule has 1 heteroatoms. The molecule has 0 spiro atoms. The molecule has 0 fully saturated rings. The third-order valence-corrected chi connectivity index (χ3v) is 3.36. The van der Waals surface area contributed by atoms with Crippen molar-refractivity contribution in [3.05, 3.63) is 35.9 Å². The summed E-state index contributed by atoms with van der Waals surface area (Å²) in [5.41, 5.74) is 1.83. The summed E-state index contributed by atoms with van der Waals surface area (Å²) in [6, 6.07) is 11.0. The first-order valence-corrected chi connectivity index (χ1v) is 6.49. The van der Waals surface area contributed by atoms with Gasteiger partial charge in [-0.1, -0.05) is 57.0 Å². The molecule has 0 aromatic heterocycles. The van der Waals surface area contributed by atoms with E-state index < -0.39 is 0 Å². The maximum absolute atomic E-state index is 3.38. The van der Waals surface area contributed by atoms with Crippen LogP contribution in [0, 0.1) is 0 Å². The molecule has 0 aliphatic rings. The Bertz CT molecular complexity index is 262. The van der Waals surface area contributed by atoms with Crippen LogP contribution < -0.4 is 5.32 Å². The molecule has 1 aromatic carbocycles. The first-order chi connectivity index (χ1) is 7.79. The summed E-state index contributed by atoms with van der Waals surface area (Å²) in [5, 5.41) is 3.38. The van der Waals surface area contributed by atoms with Gasteiger partial charge >= 0.3 is 0 Å². The van der Waals surface area contributed by atoms with E-state index >= 15 is 0 Å². The van der Waals surface area contributed by atoms with Gasteiger partial charge in [0.15, 0.2) is 0 Å². The summed E-state index contributed by atoms with van der Waals surface area (Å²) in [4.78, 5) is 0. The maximum Gasteiger partial charge on any atom is 0.00774 e. The SMILES string of the molecule is CCCC(CCC)(CNC)c1ccccc1.